The molecule has 2 aliphatic rings. The molecule has 1 aromatic rings. The Labute approximate surface area is 154 Å². The fourth-order valence-electron chi connectivity index (χ4n) is 3.89. The van der Waals surface area contributed by atoms with Crippen molar-refractivity contribution >= 4 is 24.2 Å². The van der Waals surface area contributed by atoms with E-state index in [1.165, 1.54) is 12.5 Å². The van der Waals surface area contributed by atoms with Crippen LogP contribution in [0, 0.1) is 5.92 Å². The smallest absolute Gasteiger partial charge is 0.257 e. The Morgan fingerprint density at radius 3 is 2.60 bits per heavy atom. The lowest BCUT2D eigenvalue weighted by Gasteiger charge is -2.39. The van der Waals surface area contributed by atoms with Crippen LogP contribution in [0.5, 0.6) is 0 Å². The van der Waals surface area contributed by atoms with Gasteiger partial charge in [0.25, 0.3) is 5.91 Å². The normalized spacial score (nSPS) is 27.4. The number of nitrogens with two attached hydrogens (primary N) is 1. The highest BCUT2D eigenvalue weighted by atomic mass is 35.5. The first kappa shape index (κ1) is 19.8. The van der Waals surface area contributed by atoms with Gasteiger partial charge in [-0.15, -0.1) is 12.4 Å². The number of hydrogen-bond donors (Lipinski definition) is 2. The van der Waals surface area contributed by atoms with E-state index >= 15 is 0 Å². The summed E-state index contributed by atoms with van der Waals surface area (Å²) in [7, 11) is 0. The number of carbonyl (C=O) groups is 2. The van der Waals surface area contributed by atoms with Crippen LogP contribution in [0.15, 0.2) is 23.0 Å². The van der Waals surface area contributed by atoms with Gasteiger partial charge in [-0.05, 0) is 38.7 Å². The van der Waals surface area contributed by atoms with Crippen LogP contribution >= 0.6 is 12.4 Å². The number of nitrogens with zero attached hydrogens (tertiary/aromatic N) is 1. The molecule has 6 nitrogen and oxygen atoms in total. The molecule has 1 aromatic heterocycles. The topological polar surface area (TPSA) is 88.6 Å². The highest BCUT2D eigenvalue weighted by Gasteiger charge is 2.38. The van der Waals surface area contributed by atoms with Crippen molar-refractivity contribution in [3.8, 4) is 0 Å². The zero-order valence-electron chi connectivity index (χ0n) is 14.7. The fraction of sp³-hybridized carbons (Fsp3) is 0.667. The molecule has 2 heterocycles. The van der Waals surface area contributed by atoms with Crippen LogP contribution in [0.1, 0.15) is 55.8 Å². The van der Waals surface area contributed by atoms with E-state index < -0.39 is 5.54 Å². The van der Waals surface area contributed by atoms with Crippen molar-refractivity contribution in [3.63, 3.8) is 0 Å². The Bertz CT molecular complexity index is 580. The SMILES string of the molecule is CC1(N)CCCCC1C(=O)NC1CCN(C(=O)c2ccoc2)CC1.Cl. The first-order chi connectivity index (χ1) is 11.5. The molecule has 2 amide bonds. The minimum Gasteiger partial charge on any atom is -0.472 e. The summed E-state index contributed by atoms with van der Waals surface area (Å²) >= 11 is 0. The summed E-state index contributed by atoms with van der Waals surface area (Å²) in [5.74, 6) is -0.0218. The summed E-state index contributed by atoms with van der Waals surface area (Å²) in [6.07, 6.45) is 8.50. The summed E-state index contributed by atoms with van der Waals surface area (Å²) in [5, 5.41) is 3.16. The van der Waals surface area contributed by atoms with Gasteiger partial charge in [-0.1, -0.05) is 12.8 Å². The molecule has 7 heteroatoms. The molecule has 1 saturated carbocycles. The van der Waals surface area contributed by atoms with Crippen LogP contribution in [-0.4, -0.2) is 41.4 Å². The Hall–Kier alpha value is -1.53. The Morgan fingerprint density at radius 1 is 1.28 bits per heavy atom. The van der Waals surface area contributed by atoms with E-state index in [0.717, 1.165) is 38.5 Å². The molecule has 25 heavy (non-hydrogen) atoms. The van der Waals surface area contributed by atoms with Crippen molar-refractivity contribution < 1.29 is 14.0 Å². The molecule has 1 aliphatic carbocycles. The van der Waals surface area contributed by atoms with E-state index in [4.69, 9.17) is 10.2 Å². The van der Waals surface area contributed by atoms with Crippen LogP contribution in [0.4, 0.5) is 0 Å². The molecule has 140 valence electrons. The average molecular weight is 370 g/mol. The second-order valence-corrected chi connectivity index (χ2v) is 7.39. The van der Waals surface area contributed by atoms with Gasteiger partial charge in [-0.3, -0.25) is 9.59 Å². The molecular weight excluding hydrogens is 342 g/mol. The van der Waals surface area contributed by atoms with Crippen LogP contribution in [0.3, 0.4) is 0 Å². The number of piperidine rings is 1. The third-order valence-electron chi connectivity index (χ3n) is 5.47. The van der Waals surface area contributed by atoms with Crippen LogP contribution < -0.4 is 11.1 Å². The number of halogens is 1. The predicted octanol–water partition coefficient (Wildman–Crippen LogP) is 2.33. The van der Waals surface area contributed by atoms with Gasteiger partial charge in [-0.2, -0.15) is 0 Å². The van der Waals surface area contributed by atoms with Crippen LogP contribution in [-0.2, 0) is 4.79 Å². The summed E-state index contributed by atoms with van der Waals surface area (Å²) < 4.78 is 4.97. The second kappa shape index (κ2) is 8.23. The zero-order chi connectivity index (χ0) is 17.2. The third kappa shape index (κ3) is 4.55. The molecule has 2 fully saturated rings. The summed E-state index contributed by atoms with van der Waals surface area (Å²) in [6, 6.07) is 1.81. The van der Waals surface area contributed by atoms with E-state index in [1.54, 1.807) is 6.07 Å². The lowest BCUT2D eigenvalue weighted by molar-refractivity contribution is -0.129. The van der Waals surface area contributed by atoms with E-state index in [0.29, 0.717) is 18.7 Å². The highest BCUT2D eigenvalue weighted by Crippen LogP contribution is 2.32. The number of nitrogens with one attached hydrogen (secondary N) is 1. The van der Waals surface area contributed by atoms with E-state index in [9.17, 15) is 9.59 Å². The molecule has 2 unspecified atom stereocenters. The molecule has 0 radical (unpaired) electrons. The van der Waals surface area contributed by atoms with Gasteiger partial charge in [0.05, 0.1) is 17.7 Å². The maximum atomic E-state index is 12.6. The van der Waals surface area contributed by atoms with Crippen molar-refractivity contribution in [1.29, 1.82) is 0 Å². The molecular formula is C18H28ClN3O3. The van der Waals surface area contributed by atoms with Gasteiger partial charge in [0.15, 0.2) is 0 Å². The van der Waals surface area contributed by atoms with Gasteiger partial charge in [0, 0.05) is 24.7 Å². The zero-order valence-corrected chi connectivity index (χ0v) is 15.5. The fourth-order valence-corrected chi connectivity index (χ4v) is 3.89. The van der Waals surface area contributed by atoms with Crippen LogP contribution in [0.25, 0.3) is 0 Å². The minimum absolute atomic E-state index is 0. The Kier molecular flexibility index (Phi) is 6.52. The number of likely N-dealkylation sites (tertiary alicyclic amines) is 1. The standard InChI is InChI=1S/C18H27N3O3.ClH/c1-18(19)8-3-2-4-15(18)16(22)20-14-5-9-21(10-6-14)17(23)13-7-11-24-12-13;/h7,11-12,14-15H,2-6,8-10,19H2,1H3,(H,20,22);1H. The van der Waals surface area contributed by atoms with Crippen molar-refractivity contribution in [2.45, 2.75) is 57.0 Å². The van der Waals surface area contributed by atoms with Crippen molar-refractivity contribution in [1.82, 2.24) is 10.2 Å². The molecule has 1 aliphatic heterocycles. The lowest BCUT2D eigenvalue weighted by atomic mass is 9.74. The minimum atomic E-state index is -0.402. The molecule has 3 N–H and O–H groups in total. The van der Waals surface area contributed by atoms with Gasteiger partial charge in [-0.25, -0.2) is 0 Å². The molecule has 0 bridgehead atoms. The first-order valence-corrected chi connectivity index (χ1v) is 8.88. The van der Waals surface area contributed by atoms with E-state index in [-0.39, 0.29) is 36.2 Å². The first-order valence-electron chi connectivity index (χ1n) is 8.88. The van der Waals surface area contributed by atoms with Crippen molar-refractivity contribution in [2.75, 3.05) is 13.1 Å². The van der Waals surface area contributed by atoms with E-state index in [2.05, 4.69) is 5.32 Å². The predicted molar refractivity (Wildman–Crippen MR) is 97.6 cm³/mol. The highest BCUT2D eigenvalue weighted by molar-refractivity contribution is 5.93. The Morgan fingerprint density at radius 2 is 2.00 bits per heavy atom. The number of carbonyl (C=O) groups excluding carboxylic acids is 2. The molecule has 1 saturated heterocycles. The molecule has 0 spiro atoms. The molecule has 0 aromatic carbocycles. The maximum Gasteiger partial charge on any atom is 0.257 e. The average Bonchev–Trinajstić information content (AvgIpc) is 3.09. The van der Waals surface area contributed by atoms with Crippen molar-refractivity contribution in [3.05, 3.63) is 24.2 Å². The monoisotopic (exact) mass is 369 g/mol. The second-order valence-electron chi connectivity index (χ2n) is 7.39. The largest absolute Gasteiger partial charge is 0.472 e. The third-order valence-corrected chi connectivity index (χ3v) is 5.47. The van der Waals surface area contributed by atoms with Gasteiger partial charge in [0.1, 0.15) is 6.26 Å². The van der Waals surface area contributed by atoms with Crippen molar-refractivity contribution in [2.24, 2.45) is 11.7 Å². The summed E-state index contributed by atoms with van der Waals surface area (Å²) in [6.45, 7) is 3.29. The number of hydrogen-bond acceptors (Lipinski definition) is 4. The van der Waals surface area contributed by atoms with E-state index in [1.807, 2.05) is 11.8 Å². The summed E-state index contributed by atoms with van der Waals surface area (Å²) in [4.78, 5) is 26.7. The Balaban J connectivity index is 0.00000225. The van der Waals surface area contributed by atoms with Gasteiger partial charge >= 0.3 is 0 Å². The van der Waals surface area contributed by atoms with Gasteiger partial charge in [0.2, 0.25) is 5.91 Å². The maximum absolute atomic E-state index is 12.6. The number of amides is 2. The van der Waals surface area contributed by atoms with Crippen LogP contribution in [0.2, 0.25) is 0 Å². The van der Waals surface area contributed by atoms with Gasteiger partial charge < -0.3 is 20.4 Å². The number of rotatable bonds is 3. The number of furan rings is 1. The molecule has 2 atom stereocenters. The summed E-state index contributed by atoms with van der Waals surface area (Å²) in [5.41, 5.74) is 6.50. The quantitative estimate of drug-likeness (QED) is 0.855. The molecule has 3 rings (SSSR count). The lowest BCUT2D eigenvalue weighted by Crippen LogP contribution is -2.55.